The van der Waals surface area contributed by atoms with Gasteiger partial charge in [0.25, 0.3) is 0 Å². The minimum Gasteiger partial charge on any atom is -0.477 e. The highest BCUT2D eigenvalue weighted by Crippen LogP contribution is 2.33. The monoisotopic (exact) mass is 441 g/mol. The molecule has 0 bridgehead atoms. The number of nitrogens with one attached hydrogen (secondary N) is 2. The van der Waals surface area contributed by atoms with Crippen LogP contribution >= 0.6 is 11.9 Å². The number of hydrogen-bond donors (Lipinski definition) is 2. The summed E-state index contributed by atoms with van der Waals surface area (Å²) in [6.07, 6.45) is 12.0. The van der Waals surface area contributed by atoms with Gasteiger partial charge in [0.2, 0.25) is 11.8 Å². The third-order valence-electron chi connectivity index (χ3n) is 6.63. The van der Waals surface area contributed by atoms with Crippen LogP contribution in [0, 0.1) is 11.8 Å². The Morgan fingerprint density at radius 2 is 2.13 bits per heavy atom. The lowest BCUT2D eigenvalue weighted by Crippen LogP contribution is -2.42. The van der Waals surface area contributed by atoms with E-state index in [1.807, 2.05) is 34.9 Å². The fourth-order valence-electron chi connectivity index (χ4n) is 4.77. The first-order chi connectivity index (χ1) is 15.2. The van der Waals surface area contributed by atoms with E-state index >= 15 is 0 Å². The van der Waals surface area contributed by atoms with Crippen LogP contribution in [0.3, 0.4) is 0 Å². The fraction of sp³-hybridized carbons (Fsp3) is 0.591. The van der Waals surface area contributed by atoms with Gasteiger partial charge in [0.1, 0.15) is 0 Å². The third-order valence-corrected chi connectivity index (χ3v) is 7.48. The molecule has 1 aliphatic carbocycles. The number of rotatable bonds is 7. The fourth-order valence-corrected chi connectivity index (χ4v) is 5.44. The summed E-state index contributed by atoms with van der Waals surface area (Å²) in [5.74, 6) is 2.57. The molecular formula is C22H31N7OS. The van der Waals surface area contributed by atoms with Crippen LogP contribution in [-0.2, 0) is 0 Å². The predicted molar refractivity (Wildman–Crippen MR) is 124 cm³/mol. The first-order valence-electron chi connectivity index (χ1n) is 11.3. The second-order valence-electron chi connectivity index (χ2n) is 8.79. The molecule has 0 amide bonds. The smallest absolute Gasteiger partial charge is 0.243 e. The van der Waals surface area contributed by atoms with E-state index in [2.05, 4.69) is 39.1 Å². The van der Waals surface area contributed by atoms with Gasteiger partial charge < -0.3 is 10.1 Å². The number of nitrogens with zero attached hydrogens (tertiary/aromatic N) is 5. The Kier molecular flexibility index (Phi) is 6.04. The van der Waals surface area contributed by atoms with Crippen molar-refractivity contribution in [1.29, 1.82) is 0 Å². The number of anilines is 1. The minimum atomic E-state index is 0.372. The largest absolute Gasteiger partial charge is 0.477 e. The van der Waals surface area contributed by atoms with E-state index in [0.717, 1.165) is 48.8 Å². The number of piperidine rings is 1. The maximum atomic E-state index is 6.39. The number of fused-ring (bicyclic) bond motifs is 1. The SMILES string of the molecule is CSN1CCC(Nc2nc3ccc(-c4cn[nH]c4)c(OCC4CCCC4)n3n2)C(C)C1. The molecule has 1 saturated heterocycles. The second kappa shape index (κ2) is 9.08. The van der Waals surface area contributed by atoms with E-state index in [4.69, 9.17) is 14.8 Å². The van der Waals surface area contributed by atoms with E-state index in [1.54, 1.807) is 0 Å². The van der Waals surface area contributed by atoms with Crippen molar-refractivity contribution >= 4 is 23.5 Å². The highest BCUT2D eigenvalue weighted by Gasteiger charge is 2.27. The van der Waals surface area contributed by atoms with Gasteiger partial charge in [-0.1, -0.05) is 31.7 Å². The van der Waals surface area contributed by atoms with Crippen molar-refractivity contribution in [2.24, 2.45) is 11.8 Å². The summed E-state index contributed by atoms with van der Waals surface area (Å²) in [5.41, 5.74) is 2.77. The molecule has 2 aliphatic rings. The maximum Gasteiger partial charge on any atom is 0.243 e. The standard InChI is InChI=1S/C22H31N7OS/c1-15-13-28(31-2)10-9-19(15)25-22-26-20-8-7-18(17-11-23-24-12-17)21(29(20)27-22)30-14-16-5-3-4-6-16/h7-8,11-12,15-16,19H,3-6,9-10,13-14H2,1-2H3,(H,23,24)(H,25,27). The summed E-state index contributed by atoms with van der Waals surface area (Å²) in [6, 6.07) is 4.43. The number of H-pyrrole nitrogens is 1. The molecular weight excluding hydrogens is 410 g/mol. The van der Waals surface area contributed by atoms with Crippen LogP contribution in [0.25, 0.3) is 16.8 Å². The molecule has 2 unspecified atom stereocenters. The molecule has 2 fully saturated rings. The van der Waals surface area contributed by atoms with Crippen LogP contribution in [0.15, 0.2) is 24.5 Å². The lowest BCUT2D eigenvalue weighted by atomic mass is 9.95. The Labute approximate surface area is 187 Å². The highest BCUT2D eigenvalue weighted by molar-refractivity contribution is 7.96. The summed E-state index contributed by atoms with van der Waals surface area (Å²) < 4.78 is 10.7. The second-order valence-corrected chi connectivity index (χ2v) is 9.67. The zero-order valence-corrected chi connectivity index (χ0v) is 19.1. The number of hydrogen-bond acceptors (Lipinski definition) is 7. The van der Waals surface area contributed by atoms with E-state index in [-0.39, 0.29) is 0 Å². The summed E-state index contributed by atoms with van der Waals surface area (Å²) in [6.45, 7) is 5.17. The van der Waals surface area contributed by atoms with E-state index in [1.165, 1.54) is 25.7 Å². The average molecular weight is 442 g/mol. The zero-order valence-electron chi connectivity index (χ0n) is 18.3. The van der Waals surface area contributed by atoms with Gasteiger partial charge in [-0.2, -0.15) is 14.6 Å². The van der Waals surface area contributed by atoms with Crippen molar-refractivity contribution in [2.75, 3.05) is 31.3 Å². The molecule has 4 heterocycles. The van der Waals surface area contributed by atoms with Gasteiger partial charge in [0, 0.05) is 36.5 Å². The Morgan fingerprint density at radius 1 is 1.26 bits per heavy atom. The third kappa shape index (κ3) is 4.39. The van der Waals surface area contributed by atoms with Crippen LogP contribution in [0.4, 0.5) is 5.95 Å². The molecule has 0 radical (unpaired) electrons. The van der Waals surface area contributed by atoms with Crippen LogP contribution in [-0.4, -0.2) is 61.1 Å². The molecule has 2 N–H and O–H groups in total. The van der Waals surface area contributed by atoms with Crippen molar-refractivity contribution in [3.8, 4) is 17.0 Å². The number of aromatic amines is 1. The van der Waals surface area contributed by atoms with E-state index in [0.29, 0.717) is 23.8 Å². The van der Waals surface area contributed by atoms with Crippen molar-refractivity contribution in [3.05, 3.63) is 24.5 Å². The quantitative estimate of drug-likeness (QED) is 0.534. The van der Waals surface area contributed by atoms with Gasteiger partial charge in [-0.3, -0.25) is 9.40 Å². The molecule has 0 aromatic carbocycles. The van der Waals surface area contributed by atoms with Crippen LogP contribution in [0.5, 0.6) is 5.88 Å². The van der Waals surface area contributed by atoms with Gasteiger partial charge in [-0.05, 0) is 49.5 Å². The number of aromatic nitrogens is 5. The highest BCUT2D eigenvalue weighted by atomic mass is 32.2. The topological polar surface area (TPSA) is 83.4 Å². The normalized spacial score (nSPS) is 22.9. The molecule has 3 aromatic rings. The molecule has 3 aromatic heterocycles. The first-order valence-corrected chi connectivity index (χ1v) is 12.5. The molecule has 9 heteroatoms. The Hall–Kier alpha value is -2.26. The molecule has 1 saturated carbocycles. The summed E-state index contributed by atoms with van der Waals surface area (Å²) in [5, 5.41) is 15.4. The molecule has 2 atom stereocenters. The van der Waals surface area contributed by atoms with Gasteiger partial charge in [0.05, 0.1) is 12.8 Å². The molecule has 166 valence electrons. The van der Waals surface area contributed by atoms with Gasteiger partial charge in [0.15, 0.2) is 5.65 Å². The molecule has 0 spiro atoms. The Morgan fingerprint density at radius 3 is 2.87 bits per heavy atom. The molecule has 8 nitrogen and oxygen atoms in total. The maximum absolute atomic E-state index is 6.39. The summed E-state index contributed by atoms with van der Waals surface area (Å²) in [4.78, 5) is 4.76. The van der Waals surface area contributed by atoms with Crippen LogP contribution in [0.2, 0.25) is 0 Å². The lowest BCUT2D eigenvalue weighted by molar-refractivity contribution is 0.239. The van der Waals surface area contributed by atoms with Crippen molar-refractivity contribution < 1.29 is 4.74 Å². The van der Waals surface area contributed by atoms with Crippen molar-refractivity contribution in [2.45, 2.75) is 45.1 Å². The molecule has 5 rings (SSSR count). The van der Waals surface area contributed by atoms with Crippen LogP contribution in [0.1, 0.15) is 39.0 Å². The van der Waals surface area contributed by atoms with Gasteiger partial charge in [-0.15, -0.1) is 5.10 Å². The molecule has 1 aliphatic heterocycles. The Balaban J connectivity index is 1.42. The molecule has 31 heavy (non-hydrogen) atoms. The van der Waals surface area contributed by atoms with Gasteiger partial charge >= 0.3 is 0 Å². The zero-order chi connectivity index (χ0) is 21.2. The first kappa shape index (κ1) is 20.6. The minimum absolute atomic E-state index is 0.372. The number of pyridine rings is 1. The predicted octanol–water partition coefficient (Wildman–Crippen LogP) is 4.09. The summed E-state index contributed by atoms with van der Waals surface area (Å²) in [7, 11) is 0. The van der Waals surface area contributed by atoms with Crippen LogP contribution < -0.4 is 10.1 Å². The van der Waals surface area contributed by atoms with Gasteiger partial charge in [-0.25, -0.2) is 0 Å². The lowest BCUT2D eigenvalue weighted by Gasteiger charge is -2.35. The van der Waals surface area contributed by atoms with E-state index < -0.39 is 0 Å². The van der Waals surface area contributed by atoms with Crippen molar-refractivity contribution in [1.82, 2.24) is 29.1 Å². The van der Waals surface area contributed by atoms with Crippen molar-refractivity contribution in [3.63, 3.8) is 0 Å². The van der Waals surface area contributed by atoms with E-state index in [9.17, 15) is 0 Å². The Bertz CT molecular complexity index is 999. The summed E-state index contributed by atoms with van der Waals surface area (Å²) >= 11 is 1.83. The number of ether oxygens (including phenoxy) is 1. The average Bonchev–Trinajstić information content (AvgIpc) is 3.54.